The number of non-ortho nitro benzene ring substituents is 1. The second-order valence-corrected chi connectivity index (χ2v) is 5.78. The van der Waals surface area contributed by atoms with Crippen LogP contribution in [0.4, 0.5) is 11.4 Å². The number of hydrogen-bond donors (Lipinski definition) is 1. The van der Waals surface area contributed by atoms with Crippen LogP contribution < -0.4 is 5.32 Å². The average molecular weight is 328 g/mol. The molecule has 5 nitrogen and oxygen atoms in total. The van der Waals surface area contributed by atoms with Crippen molar-refractivity contribution >= 4 is 33.9 Å². The molecule has 1 unspecified atom stereocenters. The zero-order valence-electron chi connectivity index (χ0n) is 12.4. The lowest BCUT2D eigenvalue weighted by Crippen LogP contribution is -2.07. The van der Waals surface area contributed by atoms with Crippen LogP contribution in [-0.4, -0.2) is 15.4 Å². The summed E-state index contributed by atoms with van der Waals surface area (Å²) < 4.78 is 0. The molecule has 0 aliphatic rings. The van der Waals surface area contributed by atoms with Crippen molar-refractivity contribution in [3.05, 3.63) is 64.8 Å². The molecule has 1 atom stereocenters. The Morgan fingerprint density at radius 3 is 2.57 bits per heavy atom. The normalized spacial score (nSPS) is 12.1. The third-order valence-corrected chi connectivity index (χ3v) is 3.62. The van der Waals surface area contributed by atoms with Crippen molar-refractivity contribution in [3.8, 4) is 11.1 Å². The van der Waals surface area contributed by atoms with Gasteiger partial charge >= 0.3 is 0 Å². The van der Waals surface area contributed by atoms with E-state index < -0.39 is 4.92 Å². The predicted molar refractivity (Wildman–Crippen MR) is 92.8 cm³/mol. The van der Waals surface area contributed by atoms with Gasteiger partial charge in [0, 0.05) is 23.7 Å². The Hall–Kier alpha value is -2.66. The fraction of sp³-hybridized carbons (Fsp3) is 0.118. The maximum absolute atomic E-state index is 10.8. The second-order valence-electron chi connectivity index (χ2n) is 5.12. The first-order chi connectivity index (χ1) is 11.1. The van der Waals surface area contributed by atoms with Gasteiger partial charge in [0.15, 0.2) is 0 Å². The van der Waals surface area contributed by atoms with E-state index in [0.29, 0.717) is 0 Å². The lowest BCUT2D eigenvalue weighted by atomic mass is 10.0. The first-order valence-electron chi connectivity index (χ1n) is 7.09. The first-order valence-corrected chi connectivity index (χ1v) is 7.53. The summed E-state index contributed by atoms with van der Waals surface area (Å²) in [5.41, 5.74) is 3.40. The number of alkyl halides is 1. The van der Waals surface area contributed by atoms with Gasteiger partial charge < -0.3 is 5.32 Å². The Labute approximate surface area is 138 Å². The van der Waals surface area contributed by atoms with Gasteiger partial charge in [-0.3, -0.25) is 15.1 Å². The number of nitro groups is 1. The van der Waals surface area contributed by atoms with Crippen molar-refractivity contribution in [1.82, 2.24) is 4.98 Å². The fourth-order valence-corrected chi connectivity index (χ4v) is 2.64. The van der Waals surface area contributed by atoms with Crippen LogP contribution in [0, 0.1) is 10.1 Å². The minimum absolute atomic E-state index is 0.0745. The Bertz CT molecular complexity index is 863. The van der Waals surface area contributed by atoms with E-state index in [1.165, 1.54) is 12.1 Å². The molecule has 2 aromatic carbocycles. The van der Waals surface area contributed by atoms with Crippen LogP contribution in [0.1, 0.15) is 6.92 Å². The molecule has 1 N–H and O–H groups in total. The number of nitrogens with zero attached hydrogens (tertiary/aromatic N) is 2. The number of para-hydroxylation sites is 1. The van der Waals surface area contributed by atoms with E-state index in [1.54, 1.807) is 18.3 Å². The zero-order valence-corrected chi connectivity index (χ0v) is 13.1. The highest BCUT2D eigenvalue weighted by Crippen LogP contribution is 2.32. The summed E-state index contributed by atoms with van der Waals surface area (Å²) in [6.45, 7) is 1.85. The quantitative estimate of drug-likeness (QED) is 0.323. The number of nitro benzene ring substituents is 1. The second kappa shape index (κ2) is 6.22. The molecule has 0 amide bonds. The van der Waals surface area contributed by atoms with Gasteiger partial charge in [-0.15, -0.1) is 0 Å². The summed E-state index contributed by atoms with van der Waals surface area (Å²) in [5.74, 6) is 0. The van der Waals surface area contributed by atoms with Crippen molar-refractivity contribution in [3.63, 3.8) is 0 Å². The summed E-state index contributed by atoms with van der Waals surface area (Å²) in [6, 6.07) is 14.2. The van der Waals surface area contributed by atoms with Crippen LogP contribution in [0.5, 0.6) is 0 Å². The van der Waals surface area contributed by atoms with Crippen molar-refractivity contribution in [2.45, 2.75) is 12.4 Å². The molecule has 3 aromatic rings. The van der Waals surface area contributed by atoms with Crippen LogP contribution >= 0.6 is 11.6 Å². The molecule has 3 rings (SSSR count). The molecule has 116 valence electrons. The summed E-state index contributed by atoms with van der Waals surface area (Å²) in [6.07, 6.45) is 1.73. The van der Waals surface area contributed by atoms with E-state index in [0.717, 1.165) is 27.7 Å². The smallest absolute Gasteiger partial charge is 0.269 e. The molecule has 0 aliphatic heterocycles. The van der Waals surface area contributed by atoms with Crippen LogP contribution in [-0.2, 0) is 0 Å². The molecule has 23 heavy (non-hydrogen) atoms. The standard InChI is InChI=1S/C17H14ClN3O2/c1-11(18)20-16-4-2-3-15-14(9-10-19-17(15)16)12-5-7-13(8-6-12)21(22)23/h2-11,20H,1H3. The van der Waals surface area contributed by atoms with E-state index in [4.69, 9.17) is 11.6 Å². The highest BCUT2D eigenvalue weighted by Gasteiger charge is 2.10. The van der Waals surface area contributed by atoms with Crippen LogP contribution in [0.3, 0.4) is 0 Å². The molecule has 0 spiro atoms. The lowest BCUT2D eigenvalue weighted by molar-refractivity contribution is -0.384. The highest BCUT2D eigenvalue weighted by atomic mass is 35.5. The van der Waals surface area contributed by atoms with E-state index >= 15 is 0 Å². The number of anilines is 1. The number of halogens is 1. The minimum atomic E-state index is -0.404. The van der Waals surface area contributed by atoms with E-state index in [1.807, 2.05) is 31.2 Å². The average Bonchev–Trinajstić information content (AvgIpc) is 2.54. The molecular formula is C17H14ClN3O2. The Morgan fingerprint density at radius 2 is 1.91 bits per heavy atom. The van der Waals surface area contributed by atoms with Crippen LogP contribution in [0.15, 0.2) is 54.7 Å². The van der Waals surface area contributed by atoms with Crippen molar-refractivity contribution in [1.29, 1.82) is 0 Å². The zero-order chi connectivity index (χ0) is 16.4. The van der Waals surface area contributed by atoms with Gasteiger partial charge in [0.1, 0.15) is 0 Å². The molecule has 0 aliphatic carbocycles. The van der Waals surface area contributed by atoms with E-state index in [9.17, 15) is 10.1 Å². The largest absolute Gasteiger partial charge is 0.368 e. The van der Waals surface area contributed by atoms with Gasteiger partial charge in [-0.05, 0) is 42.3 Å². The third-order valence-electron chi connectivity index (χ3n) is 3.51. The van der Waals surface area contributed by atoms with Crippen molar-refractivity contribution in [2.75, 3.05) is 5.32 Å². The number of fused-ring (bicyclic) bond motifs is 1. The van der Waals surface area contributed by atoms with Gasteiger partial charge in [-0.1, -0.05) is 23.7 Å². The van der Waals surface area contributed by atoms with Gasteiger partial charge in [-0.25, -0.2) is 0 Å². The van der Waals surface area contributed by atoms with E-state index in [2.05, 4.69) is 10.3 Å². The van der Waals surface area contributed by atoms with Gasteiger partial charge in [-0.2, -0.15) is 0 Å². The summed E-state index contributed by atoms with van der Waals surface area (Å²) in [4.78, 5) is 14.8. The van der Waals surface area contributed by atoms with Crippen LogP contribution in [0.2, 0.25) is 0 Å². The monoisotopic (exact) mass is 327 g/mol. The molecule has 1 heterocycles. The fourth-order valence-electron chi connectivity index (χ4n) is 2.52. The third kappa shape index (κ3) is 3.10. The number of hydrogen-bond acceptors (Lipinski definition) is 4. The van der Waals surface area contributed by atoms with E-state index in [-0.39, 0.29) is 11.2 Å². The van der Waals surface area contributed by atoms with Crippen molar-refractivity contribution in [2.24, 2.45) is 0 Å². The Balaban J connectivity index is 2.13. The molecule has 0 saturated carbocycles. The predicted octanol–water partition coefficient (Wildman–Crippen LogP) is 4.81. The molecule has 6 heteroatoms. The molecular weight excluding hydrogens is 314 g/mol. The SMILES string of the molecule is CC(Cl)Nc1cccc2c(-c3ccc([N+](=O)[O-])cc3)ccnc12. The number of benzene rings is 2. The Kier molecular flexibility index (Phi) is 4.12. The number of nitrogens with one attached hydrogen (secondary N) is 1. The first kappa shape index (κ1) is 15.2. The minimum Gasteiger partial charge on any atom is -0.368 e. The van der Waals surface area contributed by atoms with Gasteiger partial charge in [0.2, 0.25) is 0 Å². The van der Waals surface area contributed by atoms with Crippen LogP contribution in [0.25, 0.3) is 22.0 Å². The number of aromatic nitrogens is 1. The van der Waals surface area contributed by atoms with Crippen molar-refractivity contribution < 1.29 is 4.92 Å². The van der Waals surface area contributed by atoms with Gasteiger partial charge in [0.25, 0.3) is 5.69 Å². The number of pyridine rings is 1. The maximum atomic E-state index is 10.8. The highest BCUT2D eigenvalue weighted by molar-refractivity contribution is 6.21. The summed E-state index contributed by atoms with van der Waals surface area (Å²) >= 11 is 6.01. The summed E-state index contributed by atoms with van der Waals surface area (Å²) in [7, 11) is 0. The molecule has 0 fully saturated rings. The molecule has 0 radical (unpaired) electrons. The summed E-state index contributed by atoms with van der Waals surface area (Å²) in [5, 5.41) is 14.9. The molecule has 1 aromatic heterocycles. The van der Waals surface area contributed by atoms with Gasteiger partial charge in [0.05, 0.1) is 21.6 Å². The Morgan fingerprint density at radius 1 is 1.17 bits per heavy atom. The molecule has 0 saturated heterocycles. The molecule has 0 bridgehead atoms. The lowest BCUT2D eigenvalue weighted by Gasteiger charge is -2.13. The topological polar surface area (TPSA) is 68.1 Å². The number of rotatable bonds is 4. The maximum Gasteiger partial charge on any atom is 0.269 e.